The lowest BCUT2D eigenvalue weighted by Gasteiger charge is -2.21. The molecule has 0 saturated heterocycles. The van der Waals surface area contributed by atoms with Gasteiger partial charge in [0.15, 0.2) is 0 Å². The van der Waals surface area contributed by atoms with Gasteiger partial charge in [0.2, 0.25) is 11.8 Å². The molecule has 0 saturated carbocycles. The molecule has 0 aliphatic heterocycles. The maximum atomic E-state index is 12.6. The van der Waals surface area contributed by atoms with Crippen LogP contribution >= 0.6 is 11.3 Å². The van der Waals surface area contributed by atoms with Gasteiger partial charge in [-0.2, -0.15) is 0 Å². The van der Waals surface area contributed by atoms with E-state index in [0.29, 0.717) is 18.1 Å². The second kappa shape index (κ2) is 8.42. The Kier molecular flexibility index (Phi) is 6.00. The summed E-state index contributed by atoms with van der Waals surface area (Å²) in [4.78, 5) is 19.5. The molecule has 5 nitrogen and oxygen atoms in total. The summed E-state index contributed by atoms with van der Waals surface area (Å²) in [6.45, 7) is 2.19. The topological polar surface area (TPSA) is 63.4 Å². The minimum Gasteiger partial charge on any atom is -0.444 e. The quantitative estimate of drug-likeness (QED) is 0.619. The summed E-state index contributed by atoms with van der Waals surface area (Å²) in [6.07, 6.45) is 1.51. The molecule has 0 aliphatic carbocycles. The third-order valence-corrected chi connectivity index (χ3v) is 6.38. The van der Waals surface area contributed by atoms with Crippen LogP contribution < -0.4 is 0 Å². The molecule has 1 amide bonds. The molecule has 136 valence electrons. The monoisotopic (exact) mass is 388 g/mol. The molecule has 2 aromatic heterocycles. The van der Waals surface area contributed by atoms with E-state index in [0.717, 1.165) is 10.4 Å². The predicted molar refractivity (Wildman–Crippen MR) is 104 cm³/mol. The van der Waals surface area contributed by atoms with Crippen LogP contribution in [0.15, 0.2) is 58.5 Å². The van der Waals surface area contributed by atoms with Crippen molar-refractivity contribution in [1.29, 1.82) is 0 Å². The summed E-state index contributed by atoms with van der Waals surface area (Å²) < 4.78 is 18.0. The largest absolute Gasteiger partial charge is 0.444 e. The van der Waals surface area contributed by atoms with Gasteiger partial charge >= 0.3 is 0 Å². The average Bonchev–Trinajstić information content (AvgIpc) is 3.32. The van der Waals surface area contributed by atoms with Crippen LogP contribution in [0.4, 0.5) is 0 Å². The molecule has 0 N–H and O–H groups in total. The van der Waals surface area contributed by atoms with Crippen molar-refractivity contribution in [3.05, 3.63) is 65.4 Å². The fourth-order valence-corrected chi connectivity index (χ4v) is 4.25. The number of hydrogen-bond donors (Lipinski definition) is 0. The molecule has 7 heteroatoms. The number of amides is 1. The average molecular weight is 389 g/mol. The van der Waals surface area contributed by atoms with Crippen LogP contribution in [0.25, 0.3) is 10.8 Å². The molecular weight excluding hydrogens is 368 g/mol. The first-order valence-corrected chi connectivity index (χ1v) is 10.4. The van der Waals surface area contributed by atoms with Crippen LogP contribution in [0, 0.1) is 0 Å². The van der Waals surface area contributed by atoms with Crippen molar-refractivity contribution in [2.75, 3.05) is 7.05 Å². The second-order valence-electron chi connectivity index (χ2n) is 5.97. The number of nitrogens with zero attached hydrogens (tertiary/aromatic N) is 2. The Balaban J connectivity index is 1.59. The van der Waals surface area contributed by atoms with E-state index in [1.165, 1.54) is 17.6 Å². The van der Waals surface area contributed by atoms with Gasteiger partial charge in [-0.15, -0.1) is 11.3 Å². The molecular formula is C19H20N2O3S2. The zero-order chi connectivity index (χ0) is 18.5. The summed E-state index contributed by atoms with van der Waals surface area (Å²) in [6, 6.07) is 13.6. The highest BCUT2D eigenvalue weighted by Gasteiger charge is 2.24. The van der Waals surface area contributed by atoms with Crippen molar-refractivity contribution in [2.24, 2.45) is 0 Å². The maximum absolute atomic E-state index is 12.6. The SMILES string of the molecule is CC(C(=O)N(C)Cc1ccccc1)S(=O)Cc1coc(-c2cccs2)n1. The molecule has 2 atom stereocenters. The van der Waals surface area contributed by atoms with Crippen molar-refractivity contribution in [2.45, 2.75) is 24.5 Å². The second-order valence-corrected chi connectivity index (χ2v) is 8.67. The van der Waals surface area contributed by atoms with Crippen molar-refractivity contribution < 1.29 is 13.4 Å². The molecule has 2 unspecified atom stereocenters. The summed E-state index contributed by atoms with van der Waals surface area (Å²) >= 11 is 1.53. The highest BCUT2D eigenvalue weighted by molar-refractivity contribution is 7.85. The standard InChI is InChI=1S/C19H20N2O3S2/c1-14(19(22)21(2)11-15-7-4-3-5-8-15)26(23)13-16-12-24-18(20-16)17-9-6-10-25-17/h3-10,12,14H,11,13H2,1-2H3. The zero-order valence-electron chi connectivity index (χ0n) is 14.6. The molecule has 0 radical (unpaired) electrons. The Morgan fingerprint density at radius 1 is 1.27 bits per heavy atom. The Morgan fingerprint density at radius 3 is 2.73 bits per heavy atom. The van der Waals surface area contributed by atoms with E-state index in [2.05, 4.69) is 4.98 Å². The Morgan fingerprint density at radius 2 is 2.04 bits per heavy atom. The van der Waals surface area contributed by atoms with E-state index in [4.69, 9.17) is 4.42 Å². The molecule has 1 aromatic carbocycles. The Bertz CT molecular complexity index is 875. The van der Waals surface area contributed by atoms with Crippen LogP contribution in [-0.2, 0) is 27.9 Å². The van der Waals surface area contributed by atoms with E-state index in [1.54, 1.807) is 18.9 Å². The zero-order valence-corrected chi connectivity index (χ0v) is 16.3. The number of thiophene rings is 1. The molecule has 3 rings (SSSR count). The lowest BCUT2D eigenvalue weighted by atomic mass is 10.2. The van der Waals surface area contributed by atoms with Gasteiger partial charge < -0.3 is 9.32 Å². The van der Waals surface area contributed by atoms with Crippen molar-refractivity contribution in [3.63, 3.8) is 0 Å². The van der Waals surface area contributed by atoms with Crippen molar-refractivity contribution >= 4 is 28.0 Å². The van der Waals surface area contributed by atoms with Gasteiger partial charge in [-0.1, -0.05) is 36.4 Å². The van der Waals surface area contributed by atoms with Crippen LogP contribution in [-0.4, -0.2) is 32.3 Å². The van der Waals surface area contributed by atoms with Crippen molar-refractivity contribution in [3.8, 4) is 10.8 Å². The third kappa shape index (κ3) is 4.47. The molecule has 0 aliphatic rings. The first kappa shape index (κ1) is 18.5. The number of rotatable bonds is 7. The van der Waals surface area contributed by atoms with E-state index in [9.17, 15) is 9.00 Å². The summed E-state index contributed by atoms with van der Waals surface area (Å²) in [5.74, 6) is 0.572. The number of aromatic nitrogens is 1. The van der Waals surface area contributed by atoms with Gasteiger partial charge in [0.25, 0.3) is 0 Å². The van der Waals surface area contributed by atoms with Crippen LogP contribution in [0.5, 0.6) is 0 Å². The lowest BCUT2D eigenvalue weighted by molar-refractivity contribution is -0.129. The molecule has 0 bridgehead atoms. The third-order valence-electron chi connectivity index (χ3n) is 3.95. The minimum atomic E-state index is -1.37. The number of benzene rings is 1. The van der Waals surface area contributed by atoms with Crippen LogP contribution in [0.2, 0.25) is 0 Å². The number of hydrogen-bond acceptors (Lipinski definition) is 5. The van der Waals surface area contributed by atoms with E-state index < -0.39 is 16.0 Å². The van der Waals surface area contributed by atoms with Gasteiger partial charge in [-0.25, -0.2) is 4.98 Å². The molecule has 3 aromatic rings. The summed E-state index contributed by atoms with van der Waals surface area (Å²) in [5, 5.41) is 1.34. The summed E-state index contributed by atoms with van der Waals surface area (Å²) in [7, 11) is 0.362. The van der Waals surface area contributed by atoms with Gasteiger partial charge in [0, 0.05) is 24.4 Å². The number of carbonyl (C=O) groups is 1. The van der Waals surface area contributed by atoms with Crippen LogP contribution in [0.1, 0.15) is 18.2 Å². The fourth-order valence-electron chi connectivity index (χ4n) is 2.52. The van der Waals surface area contributed by atoms with Gasteiger partial charge in [-0.3, -0.25) is 9.00 Å². The van der Waals surface area contributed by atoms with Gasteiger partial charge in [-0.05, 0) is 23.9 Å². The summed E-state index contributed by atoms with van der Waals surface area (Å²) in [5.41, 5.74) is 1.63. The molecule has 0 spiro atoms. The first-order valence-electron chi connectivity index (χ1n) is 8.19. The van der Waals surface area contributed by atoms with Crippen molar-refractivity contribution in [1.82, 2.24) is 9.88 Å². The van der Waals surface area contributed by atoms with Crippen LogP contribution in [0.3, 0.4) is 0 Å². The Hall–Kier alpha value is -2.25. The molecule has 0 fully saturated rings. The normalized spacial score (nSPS) is 13.3. The smallest absolute Gasteiger partial charge is 0.238 e. The Labute approximate surface area is 159 Å². The highest BCUT2D eigenvalue weighted by atomic mass is 32.2. The molecule has 26 heavy (non-hydrogen) atoms. The van der Waals surface area contributed by atoms with E-state index >= 15 is 0 Å². The fraction of sp³-hybridized carbons (Fsp3) is 0.263. The van der Waals surface area contributed by atoms with E-state index in [1.807, 2.05) is 47.8 Å². The number of carbonyl (C=O) groups excluding carboxylic acids is 1. The first-order chi connectivity index (χ1) is 12.5. The highest BCUT2D eigenvalue weighted by Crippen LogP contribution is 2.24. The minimum absolute atomic E-state index is 0.144. The maximum Gasteiger partial charge on any atom is 0.238 e. The van der Waals surface area contributed by atoms with Gasteiger partial charge in [0.1, 0.15) is 11.5 Å². The molecule has 2 heterocycles. The van der Waals surface area contributed by atoms with Gasteiger partial charge in [0.05, 0.1) is 16.3 Å². The lowest BCUT2D eigenvalue weighted by Crippen LogP contribution is -2.37. The predicted octanol–water partition coefficient (Wildman–Crippen LogP) is 3.70. The van der Waals surface area contributed by atoms with E-state index in [-0.39, 0.29) is 11.7 Å². The number of oxazole rings is 1.